The maximum absolute atomic E-state index is 13.9. The molecule has 0 aromatic heterocycles. The Bertz CT molecular complexity index is 1440. The number of anilines is 2. The molecule has 0 spiro atoms. The van der Waals surface area contributed by atoms with Crippen LogP contribution in [0.4, 0.5) is 17.1 Å². The summed E-state index contributed by atoms with van der Waals surface area (Å²) in [5.41, 5.74) is 5.10. The van der Waals surface area contributed by atoms with Gasteiger partial charge in [0.15, 0.2) is 5.17 Å². The Labute approximate surface area is 226 Å². The number of hydrogen-bond donors (Lipinski definition) is 1. The highest BCUT2D eigenvalue weighted by Crippen LogP contribution is 2.44. The highest BCUT2D eigenvalue weighted by atomic mass is 32.2. The molecule has 1 N–H and O–H groups in total. The fourth-order valence-electron chi connectivity index (χ4n) is 4.26. The summed E-state index contributed by atoms with van der Waals surface area (Å²) in [6, 6.07) is 26.0. The number of benzene rings is 3. The standard InChI is InChI=1S/C29H27N5OS2/c1-19(2)31-22-14-13-21(16-30)15-23(22)32-29-34(17-20-9-5-4-6-10-20)28(35)27(37-29)25-18-36-26-12-8-7-11-24(26)33(25)3/h4-15,19,31H,17-18H2,1-3H3. The van der Waals surface area contributed by atoms with Gasteiger partial charge in [-0.1, -0.05) is 42.5 Å². The van der Waals surface area contributed by atoms with E-state index >= 15 is 0 Å². The van der Waals surface area contributed by atoms with E-state index in [0.29, 0.717) is 33.6 Å². The molecular weight excluding hydrogens is 498 g/mol. The van der Waals surface area contributed by atoms with Crippen molar-refractivity contribution in [3.05, 3.63) is 94.5 Å². The molecule has 3 aromatic rings. The number of hydrogen-bond acceptors (Lipinski definition) is 7. The van der Waals surface area contributed by atoms with Crippen LogP contribution >= 0.6 is 23.5 Å². The van der Waals surface area contributed by atoms with Gasteiger partial charge >= 0.3 is 0 Å². The van der Waals surface area contributed by atoms with Crippen LogP contribution in [0.25, 0.3) is 0 Å². The highest BCUT2D eigenvalue weighted by molar-refractivity contribution is 8.18. The first-order valence-electron chi connectivity index (χ1n) is 12.1. The summed E-state index contributed by atoms with van der Waals surface area (Å²) in [7, 11) is 2.02. The Balaban J connectivity index is 1.60. The third-order valence-electron chi connectivity index (χ3n) is 6.09. The molecule has 2 heterocycles. The monoisotopic (exact) mass is 525 g/mol. The predicted molar refractivity (Wildman–Crippen MR) is 154 cm³/mol. The third kappa shape index (κ3) is 5.24. The molecule has 186 valence electrons. The van der Waals surface area contributed by atoms with Crippen LogP contribution in [-0.2, 0) is 11.3 Å². The lowest BCUT2D eigenvalue weighted by Crippen LogP contribution is -2.30. The summed E-state index contributed by atoms with van der Waals surface area (Å²) < 4.78 is 0. The minimum atomic E-state index is -0.0516. The van der Waals surface area contributed by atoms with Crippen LogP contribution in [0, 0.1) is 11.3 Å². The van der Waals surface area contributed by atoms with Gasteiger partial charge in [0.05, 0.1) is 35.2 Å². The quantitative estimate of drug-likeness (QED) is 0.379. The van der Waals surface area contributed by atoms with Crippen LogP contribution in [0.15, 0.2) is 93.3 Å². The zero-order chi connectivity index (χ0) is 25.9. The number of amidine groups is 1. The number of para-hydroxylation sites is 1. The normalized spacial score (nSPS) is 18.4. The van der Waals surface area contributed by atoms with Crippen molar-refractivity contribution in [2.75, 3.05) is 23.0 Å². The van der Waals surface area contributed by atoms with Crippen molar-refractivity contribution in [1.29, 1.82) is 5.26 Å². The smallest absolute Gasteiger partial charge is 0.268 e. The summed E-state index contributed by atoms with van der Waals surface area (Å²) in [5, 5.41) is 13.5. The van der Waals surface area contributed by atoms with Crippen LogP contribution in [0.5, 0.6) is 0 Å². The molecule has 1 saturated heterocycles. The second-order valence-electron chi connectivity index (χ2n) is 9.11. The van der Waals surface area contributed by atoms with Gasteiger partial charge in [0.2, 0.25) is 0 Å². The van der Waals surface area contributed by atoms with E-state index in [1.54, 1.807) is 28.8 Å². The lowest BCUT2D eigenvalue weighted by atomic mass is 10.1. The predicted octanol–water partition coefficient (Wildman–Crippen LogP) is 6.60. The van der Waals surface area contributed by atoms with Gasteiger partial charge in [-0.15, -0.1) is 11.8 Å². The summed E-state index contributed by atoms with van der Waals surface area (Å²) in [6.45, 7) is 4.53. The van der Waals surface area contributed by atoms with E-state index in [1.807, 2.05) is 55.6 Å². The Kier molecular flexibility index (Phi) is 7.26. The lowest BCUT2D eigenvalue weighted by Gasteiger charge is -2.30. The van der Waals surface area contributed by atoms with Gasteiger partial charge in [0.25, 0.3) is 5.91 Å². The molecule has 1 amide bonds. The van der Waals surface area contributed by atoms with Crippen molar-refractivity contribution in [3.8, 4) is 6.07 Å². The average Bonchev–Trinajstić information content (AvgIpc) is 3.20. The third-order valence-corrected chi connectivity index (χ3v) is 8.27. The van der Waals surface area contributed by atoms with Gasteiger partial charge in [0, 0.05) is 29.4 Å². The highest BCUT2D eigenvalue weighted by Gasteiger charge is 2.38. The fourth-order valence-corrected chi connectivity index (χ4v) is 6.62. The van der Waals surface area contributed by atoms with E-state index in [4.69, 9.17) is 4.99 Å². The number of nitrogens with zero attached hydrogens (tertiary/aromatic N) is 4. The number of carbonyl (C=O) groups excluding carboxylic acids is 1. The SMILES string of the molecule is CC(C)Nc1ccc(C#N)cc1N=C1SC(=C2CSc3ccccc3N2C)C(=O)N1Cc1ccccc1. The molecule has 8 heteroatoms. The lowest BCUT2D eigenvalue weighted by molar-refractivity contribution is -0.122. The summed E-state index contributed by atoms with van der Waals surface area (Å²) in [6.07, 6.45) is 0. The van der Waals surface area contributed by atoms with Gasteiger partial charge in [-0.25, -0.2) is 4.99 Å². The molecule has 0 saturated carbocycles. The van der Waals surface area contributed by atoms with E-state index in [9.17, 15) is 10.1 Å². The van der Waals surface area contributed by atoms with E-state index < -0.39 is 0 Å². The first-order valence-corrected chi connectivity index (χ1v) is 13.9. The van der Waals surface area contributed by atoms with Crippen molar-refractivity contribution >= 4 is 51.7 Å². The first-order chi connectivity index (χ1) is 17.9. The number of carbonyl (C=O) groups is 1. The number of thioether (sulfide) groups is 2. The molecule has 37 heavy (non-hydrogen) atoms. The van der Waals surface area contributed by atoms with E-state index in [1.165, 1.54) is 16.7 Å². The number of amides is 1. The largest absolute Gasteiger partial charge is 0.381 e. The Morgan fingerprint density at radius 1 is 1.08 bits per heavy atom. The molecule has 0 bridgehead atoms. The fraction of sp³-hybridized carbons (Fsp3) is 0.207. The molecule has 0 aliphatic carbocycles. The van der Waals surface area contributed by atoms with Crippen molar-refractivity contribution < 1.29 is 4.79 Å². The maximum atomic E-state index is 13.9. The van der Waals surface area contributed by atoms with Crippen molar-refractivity contribution in [2.45, 2.75) is 31.3 Å². The molecule has 6 nitrogen and oxygen atoms in total. The molecule has 2 aliphatic heterocycles. The molecule has 1 fully saturated rings. The minimum Gasteiger partial charge on any atom is -0.381 e. The number of rotatable bonds is 5. The van der Waals surface area contributed by atoms with Crippen LogP contribution < -0.4 is 10.2 Å². The molecule has 5 rings (SSSR count). The number of aliphatic imine (C=N–C) groups is 1. The van der Waals surface area contributed by atoms with Gasteiger partial charge < -0.3 is 10.2 Å². The van der Waals surface area contributed by atoms with E-state index in [-0.39, 0.29) is 11.9 Å². The van der Waals surface area contributed by atoms with E-state index in [2.05, 4.69) is 42.3 Å². The number of nitriles is 1. The van der Waals surface area contributed by atoms with Crippen LogP contribution in [0.1, 0.15) is 25.0 Å². The van der Waals surface area contributed by atoms with Gasteiger partial charge in [-0.3, -0.25) is 9.69 Å². The average molecular weight is 526 g/mol. The number of fused-ring (bicyclic) bond motifs is 1. The van der Waals surface area contributed by atoms with Crippen LogP contribution in [0.2, 0.25) is 0 Å². The Hall–Kier alpha value is -3.67. The van der Waals surface area contributed by atoms with Gasteiger partial charge in [-0.05, 0) is 61.5 Å². The van der Waals surface area contributed by atoms with Crippen LogP contribution in [-0.4, -0.2) is 34.8 Å². The van der Waals surface area contributed by atoms with Gasteiger partial charge in [0.1, 0.15) is 4.91 Å². The second kappa shape index (κ2) is 10.8. The molecule has 0 unspecified atom stereocenters. The molecule has 2 aliphatic rings. The number of nitrogens with one attached hydrogen (secondary N) is 1. The van der Waals surface area contributed by atoms with Crippen molar-refractivity contribution in [1.82, 2.24) is 4.90 Å². The van der Waals surface area contributed by atoms with E-state index in [0.717, 1.165) is 22.6 Å². The summed E-state index contributed by atoms with van der Waals surface area (Å²) in [5.74, 6) is 0.655. The van der Waals surface area contributed by atoms with Crippen molar-refractivity contribution in [2.24, 2.45) is 4.99 Å². The van der Waals surface area contributed by atoms with Crippen molar-refractivity contribution in [3.63, 3.8) is 0 Å². The second-order valence-corrected chi connectivity index (χ2v) is 11.1. The zero-order valence-corrected chi connectivity index (χ0v) is 22.6. The van der Waals surface area contributed by atoms with Gasteiger partial charge in [-0.2, -0.15) is 5.26 Å². The topological polar surface area (TPSA) is 71.7 Å². The minimum absolute atomic E-state index is 0.0516. The zero-order valence-electron chi connectivity index (χ0n) is 20.9. The Morgan fingerprint density at radius 3 is 2.59 bits per heavy atom. The molecule has 3 aromatic carbocycles. The summed E-state index contributed by atoms with van der Waals surface area (Å²) >= 11 is 3.15. The van der Waals surface area contributed by atoms with Crippen LogP contribution in [0.3, 0.4) is 0 Å². The maximum Gasteiger partial charge on any atom is 0.268 e. The first kappa shape index (κ1) is 25.0. The molecular formula is C29H27N5OS2. The molecule has 0 atom stereocenters. The molecule has 0 radical (unpaired) electrons. The Morgan fingerprint density at radius 2 is 1.84 bits per heavy atom. The summed E-state index contributed by atoms with van der Waals surface area (Å²) in [4.78, 5) is 24.7.